The van der Waals surface area contributed by atoms with E-state index < -0.39 is 0 Å². The van der Waals surface area contributed by atoms with Gasteiger partial charge in [-0.25, -0.2) is 0 Å². The van der Waals surface area contributed by atoms with Crippen LogP contribution in [0.1, 0.15) is 39.3 Å². The average molecular weight is 250 g/mol. The fraction of sp³-hybridized carbons (Fsp3) is 0.692. The molecule has 5 heteroatoms. The molecule has 0 radical (unpaired) electrons. The molecule has 5 nitrogen and oxygen atoms in total. The molecule has 1 atom stereocenters. The molecule has 0 aliphatic carbocycles. The molecular weight excluding hydrogens is 228 g/mol. The van der Waals surface area contributed by atoms with E-state index >= 15 is 0 Å². The summed E-state index contributed by atoms with van der Waals surface area (Å²) in [6, 6.07) is 0.154. The number of rotatable bonds is 1. The van der Waals surface area contributed by atoms with Crippen LogP contribution in [0.25, 0.3) is 0 Å². The molecule has 0 aromatic carbocycles. The first-order valence-electron chi connectivity index (χ1n) is 6.36. The molecule has 18 heavy (non-hydrogen) atoms. The molecule has 0 bridgehead atoms. The minimum atomic E-state index is 0.0617. The summed E-state index contributed by atoms with van der Waals surface area (Å²) < 4.78 is 1.80. The SMILES string of the molecule is Cc1nn(C)c2c1NC(=O)CC(CC(C)(C)C)N2. The number of anilines is 2. The van der Waals surface area contributed by atoms with Crippen molar-refractivity contribution in [1.82, 2.24) is 9.78 Å². The van der Waals surface area contributed by atoms with Crippen molar-refractivity contribution in [2.75, 3.05) is 10.6 Å². The predicted molar refractivity (Wildman–Crippen MR) is 72.7 cm³/mol. The molecule has 0 fully saturated rings. The fourth-order valence-corrected chi connectivity index (χ4v) is 2.49. The maximum atomic E-state index is 11.9. The maximum absolute atomic E-state index is 11.9. The molecule has 1 aromatic rings. The standard InChI is InChI=1S/C13H22N4O/c1-8-11-12(17(5)16-8)14-9(6-10(18)15-11)7-13(2,3)4/h9,14H,6-7H2,1-5H3,(H,15,18). The van der Waals surface area contributed by atoms with Crippen LogP contribution in [0, 0.1) is 12.3 Å². The average Bonchev–Trinajstić information content (AvgIpc) is 2.38. The van der Waals surface area contributed by atoms with Crippen LogP contribution in [0.4, 0.5) is 11.5 Å². The van der Waals surface area contributed by atoms with E-state index in [0.717, 1.165) is 23.6 Å². The van der Waals surface area contributed by atoms with Gasteiger partial charge in [0.1, 0.15) is 11.5 Å². The zero-order valence-electron chi connectivity index (χ0n) is 11.8. The first-order valence-corrected chi connectivity index (χ1v) is 6.36. The Morgan fingerprint density at radius 2 is 2.11 bits per heavy atom. The molecular formula is C13H22N4O. The molecule has 0 saturated heterocycles. The monoisotopic (exact) mass is 250 g/mol. The quantitative estimate of drug-likeness (QED) is 0.804. The van der Waals surface area contributed by atoms with Crippen molar-refractivity contribution in [1.29, 1.82) is 0 Å². The summed E-state index contributed by atoms with van der Waals surface area (Å²) in [5.41, 5.74) is 1.86. The van der Waals surface area contributed by atoms with Gasteiger partial charge < -0.3 is 10.6 Å². The Balaban J connectivity index is 2.29. The van der Waals surface area contributed by atoms with Crippen LogP contribution >= 0.6 is 0 Å². The van der Waals surface area contributed by atoms with E-state index in [2.05, 4.69) is 36.5 Å². The van der Waals surface area contributed by atoms with Crippen LogP contribution < -0.4 is 10.6 Å². The lowest BCUT2D eigenvalue weighted by Gasteiger charge is -2.25. The van der Waals surface area contributed by atoms with Gasteiger partial charge in [0.2, 0.25) is 5.91 Å². The van der Waals surface area contributed by atoms with Crippen LogP contribution in [-0.4, -0.2) is 21.7 Å². The number of aromatic nitrogens is 2. The van der Waals surface area contributed by atoms with E-state index in [1.165, 1.54) is 0 Å². The van der Waals surface area contributed by atoms with Crippen molar-refractivity contribution in [3.8, 4) is 0 Å². The maximum Gasteiger partial charge on any atom is 0.226 e. The smallest absolute Gasteiger partial charge is 0.226 e. The van der Waals surface area contributed by atoms with E-state index in [1.54, 1.807) is 4.68 Å². The van der Waals surface area contributed by atoms with E-state index in [1.807, 2.05) is 14.0 Å². The molecule has 0 saturated carbocycles. The second-order valence-corrected chi connectivity index (χ2v) is 6.29. The summed E-state index contributed by atoms with van der Waals surface area (Å²) in [7, 11) is 1.89. The van der Waals surface area contributed by atoms with E-state index in [0.29, 0.717) is 6.42 Å². The molecule has 2 N–H and O–H groups in total. The zero-order valence-corrected chi connectivity index (χ0v) is 11.8. The number of carbonyl (C=O) groups excluding carboxylic acids is 1. The molecule has 1 unspecified atom stereocenters. The summed E-state index contributed by atoms with van der Waals surface area (Å²) in [4.78, 5) is 11.9. The lowest BCUT2D eigenvalue weighted by Crippen LogP contribution is -2.28. The number of aryl methyl sites for hydroxylation is 2. The van der Waals surface area contributed by atoms with Gasteiger partial charge in [0.15, 0.2) is 0 Å². The lowest BCUT2D eigenvalue weighted by atomic mass is 9.87. The van der Waals surface area contributed by atoms with Gasteiger partial charge in [0.05, 0.1) is 5.69 Å². The second kappa shape index (κ2) is 4.30. The Hall–Kier alpha value is -1.52. The van der Waals surface area contributed by atoms with E-state index in [4.69, 9.17) is 0 Å². The van der Waals surface area contributed by atoms with Crippen LogP contribution in [0.2, 0.25) is 0 Å². The number of carbonyl (C=O) groups is 1. The number of nitrogens with zero attached hydrogens (tertiary/aromatic N) is 2. The van der Waals surface area contributed by atoms with Crippen LogP contribution in [0.3, 0.4) is 0 Å². The molecule has 1 aromatic heterocycles. The van der Waals surface area contributed by atoms with E-state index in [9.17, 15) is 4.79 Å². The highest BCUT2D eigenvalue weighted by Gasteiger charge is 2.28. The minimum absolute atomic E-state index is 0.0617. The minimum Gasteiger partial charge on any atom is -0.365 e. The third-order valence-corrected chi connectivity index (χ3v) is 3.12. The van der Waals surface area contributed by atoms with Gasteiger partial charge in [-0.1, -0.05) is 20.8 Å². The first kappa shape index (κ1) is 12.9. The molecule has 1 amide bonds. The van der Waals surface area contributed by atoms with Gasteiger partial charge in [0, 0.05) is 19.5 Å². The first-order chi connectivity index (χ1) is 8.26. The normalized spacial score (nSPS) is 19.8. The summed E-state index contributed by atoms with van der Waals surface area (Å²) in [5, 5.41) is 10.7. The van der Waals surface area contributed by atoms with Crippen molar-refractivity contribution in [3.05, 3.63) is 5.69 Å². The van der Waals surface area contributed by atoms with Crippen molar-refractivity contribution in [2.24, 2.45) is 12.5 Å². The van der Waals surface area contributed by atoms with Gasteiger partial charge in [-0.05, 0) is 18.8 Å². The number of fused-ring (bicyclic) bond motifs is 1. The van der Waals surface area contributed by atoms with Crippen LogP contribution in [0.5, 0.6) is 0 Å². The van der Waals surface area contributed by atoms with Crippen LogP contribution in [-0.2, 0) is 11.8 Å². The Kier molecular flexibility index (Phi) is 3.09. The summed E-state index contributed by atoms with van der Waals surface area (Å²) in [5.74, 6) is 0.971. The second-order valence-electron chi connectivity index (χ2n) is 6.29. The summed E-state index contributed by atoms with van der Waals surface area (Å²) in [6.45, 7) is 8.47. The van der Waals surface area contributed by atoms with Crippen molar-refractivity contribution < 1.29 is 4.79 Å². The van der Waals surface area contributed by atoms with Crippen molar-refractivity contribution >= 4 is 17.4 Å². The van der Waals surface area contributed by atoms with Gasteiger partial charge in [0.25, 0.3) is 0 Å². The lowest BCUT2D eigenvalue weighted by molar-refractivity contribution is -0.116. The van der Waals surface area contributed by atoms with Gasteiger partial charge in [-0.15, -0.1) is 0 Å². The third kappa shape index (κ3) is 2.66. The van der Waals surface area contributed by atoms with Gasteiger partial charge in [-0.3, -0.25) is 9.48 Å². The van der Waals surface area contributed by atoms with Gasteiger partial charge in [-0.2, -0.15) is 5.10 Å². The highest BCUT2D eigenvalue weighted by molar-refractivity contribution is 5.96. The van der Waals surface area contributed by atoms with Gasteiger partial charge >= 0.3 is 0 Å². The molecule has 1 aliphatic heterocycles. The van der Waals surface area contributed by atoms with E-state index in [-0.39, 0.29) is 17.4 Å². The molecule has 2 heterocycles. The number of amides is 1. The Morgan fingerprint density at radius 1 is 1.44 bits per heavy atom. The highest BCUT2D eigenvalue weighted by atomic mass is 16.1. The third-order valence-electron chi connectivity index (χ3n) is 3.12. The fourth-order valence-electron chi connectivity index (χ4n) is 2.49. The Morgan fingerprint density at radius 3 is 2.72 bits per heavy atom. The number of hydrogen-bond donors (Lipinski definition) is 2. The number of nitrogens with one attached hydrogen (secondary N) is 2. The molecule has 1 aliphatic rings. The van der Waals surface area contributed by atoms with Crippen molar-refractivity contribution in [2.45, 2.75) is 46.6 Å². The molecule has 0 spiro atoms. The highest BCUT2D eigenvalue weighted by Crippen LogP contribution is 2.32. The Bertz CT molecular complexity index is 470. The largest absolute Gasteiger partial charge is 0.365 e. The van der Waals surface area contributed by atoms with Crippen molar-refractivity contribution in [3.63, 3.8) is 0 Å². The number of hydrogen-bond acceptors (Lipinski definition) is 3. The van der Waals surface area contributed by atoms with Crippen LogP contribution in [0.15, 0.2) is 0 Å². The molecule has 2 rings (SSSR count). The Labute approximate surface area is 108 Å². The molecule has 100 valence electrons. The topological polar surface area (TPSA) is 59.0 Å². The summed E-state index contributed by atoms with van der Waals surface area (Å²) in [6.07, 6.45) is 1.45. The predicted octanol–water partition coefficient (Wildman–Crippen LogP) is 2.29. The zero-order chi connectivity index (χ0) is 13.5. The summed E-state index contributed by atoms with van der Waals surface area (Å²) >= 11 is 0.